The Morgan fingerprint density at radius 2 is 1.79 bits per heavy atom. The Morgan fingerprint density at radius 3 is 2.51 bits per heavy atom. The van der Waals surface area contributed by atoms with Gasteiger partial charge in [0.25, 0.3) is 6.43 Å². The highest BCUT2D eigenvalue weighted by molar-refractivity contribution is 7.89. The normalized spacial score (nSPS) is 24.0. The molecule has 3 aromatic rings. The van der Waals surface area contributed by atoms with Gasteiger partial charge in [0.05, 0.1) is 36.6 Å². The number of sulfonamides is 1. The standard InChI is InChI=1S/C26H32F2N6O4S/c27-24(28)25-29-20-4-1-2-5-21(20)34(25)22-16-23(31-26(30-22)32-11-13-37-14-12-32)38-17-18-6-8-19(9-7-18)33-10-3-15-39(33,35)36/h1-2,4-5,16,18-19,24H,3,6-15,17H2. The third-order valence-electron chi connectivity index (χ3n) is 7.81. The smallest absolute Gasteiger partial charge is 0.296 e. The molecule has 3 fully saturated rings. The van der Waals surface area contributed by atoms with Crippen LogP contribution in [0.2, 0.25) is 0 Å². The number of morpholine rings is 1. The fraction of sp³-hybridized carbons (Fsp3) is 0.577. The van der Waals surface area contributed by atoms with Crippen molar-refractivity contribution >= 4 is 27.0 Å². The molecular formula is C26H32F2N6O4S. The third-order valence-corrected chi connectivity index (χ3v) is 9.81. The molecule has 1 aliphatic carbocycles. The molecule has 2 aliphatic heterocycles. The highest BCUT2D eigenvalue weighted by atomic mass is 32.2. The van der Waals surface area contributed by atoms with E-state index in [-0.39, 0.29) is 29.4 Å². The molecule has 0 atom stereocenters. The zero-order valence-electron chi connectivity index (χ0n) is 21.6. The van der Waals surface area contributed by atoms with E-state index in [0.29, 0.717) is 68.7 Å². The molecule has 1 aromatic carbocycles. The van der Waals surface area contributed by atoms with Crippen LogP contribution >= 0.6 is 0 Å². The van der Waals surface area contributed by atoms with Crippen molar-refractivity contribution in [3.8, 4) is 11.7 Å². The van der Waals surface area contributed by atoms with E-state index in [1.54, 1.807) is 34.6 Å². The van der Waals surface area contributed by atoms with Crippen molar-refractivity contribution in [3.63, 3.8) is 0 Å². The summed E-state index contributed by atoms with van der Waals surface area (Å²) in [5.74, 6) is 1.09. The van der Waals surface area contributed by atoms with Crippen LogP contribution in [0.5, 0.6) is 5.88 Å². The maximum atomic E-state index is 14.1. The van der Waals surface area contributed by atoms with E-state index in [1.165, 1.54) is 4.57 Å². The number of hydrogen-bond acceptors (Lipinski definition) is 8. The molecule has 0 amide bonds. The highest BCUT2D eigenvalue weighted by Crippen LogP contribution is 2.33. The Balaban J connectivity index is 1.24. The second-order valence-corrected chi connectivity index (χ2v) is 12.4. The van der Waals surface area contributed by atoms with Gasteiger partial charge in [-0.3, -0.25) is 4.57 Å². The van der Waals surface area contributed by atoms with E-state index in [9.17, 15) is 17.2 Å². The number of rotatable bonds is 7. The summed E-state index contributed by atoms with van der Waals surface area (Å²) in [6, 6.07) is 8.63. The number of hydrogen-bond donors (Lipinski definition) is 0. The Labute approximate surface area is 226 Å². The van der Waals surface area contributed by atoms with Crippen LogP contribution in [-0.4, -0.2) is 83.5 Å². The van der Waals surface area contributed by atoms with Crippen molar-refractivity contribution in [1.82, 2.24) is 23.8 Å². The molecule has 0 bridgehead atoms. The summed E-state index contributed by atoms with van der Waals surface area (Å²) in [6.07, 6.45) is 1.23. The first-order valence-electron chi connectivity index (χ1n) is 13.5. The molecule has 4 heterocycles. The van der Waals surface area contributed by atoms with Crippen LogP contribution < -0.4 is 9.64 Å². The van der Waals surface area contributed by atoms with Crippen LogP contribution in [0.25, 0.3) is 16.9 Å². The lowest BCUT2D eigenvalue weighted by Crippen LogP contribution is -2.39. The van der Waals surface area contributed by atoms with Gasteiger partial charge in [-0.2, -0.15) is 14.3 Å². The molecule has 2 aromatic heterocycles. The second kappa shape index (κ2) is 10.9. The van der Waals surface area contributed by atoms with Gasteiger partial charge >= 0.3 is 0 Å². The van der Waals surface area contributed by atoms with Crippen LogP contribution in [-0.2, 0) is 14.8 Å². The van der Waals surface area contributed by atoms with Crippen molar-refractivity contribution in [2.45, 2.75) is 44.6 Å². The summed E-state index contributed by atoms with van der Waals surface area (Å²) < 4.78 is 67.4. The first-order chi connectivity index (χ1) is 18.9. The minimum atomic E-state index is -3.12. The molecule has 10 nitrogen and oxygen atoms in total. The lowest BCUT2D eigenvalue weighted by Gasteiger charge is -2.33. The zero-order valence-corrected chi connectivity index (χ0v) is 22.4. The van der Waals surface area contributed by atoms with Gasteiger partial charge in [0.15, 0.2) is 5.82 Å². The zero-order chi connectivity index (χ0) is 27.0. The van der Waals surface area contributed by atoms with Crippen molar-refractivity contribution in [3.05, 3.63) is 36.2 Å². The van der Waals surface area contributed by atoms with Crippen LogP contribution in [0, 0.1) is 5.92 Å². The molecule has 3 aliphatic rings. The van der Waals surface area contributed by atoms with Crippen LogP contribution in [0.3, 0.4) is 0 Å². The molecule has 210 valence electrons. The SMILES string of the molecule is O=S1(=O)CCCN1C1CCC(COc2cc(-n3c(C(F)F)nc4ccccc43)nc(N3CCOCC3)n2)CC1. The predicted molar refractivity (Wildman–Crippen MR) is 141 cm³/mol. The Hall–Kier alpha value is -2.90. The van der Waals surface area contributed by atoms with Crippen LogP contribution in [0.15, 0.2) is 30.3 Å². The van der Waals surface area contributed by atoms with Gasteiger partial charge in [0.1, 0.15) is 5.82 Å². The molecule has 13 heteroatoms. The summed E-state index contributed by atoms with van der Waals surface area (Å²) in [4.78, 5) is 15.4. The molecule has 1 saturated carbocycles. The van der Waals surface area contributed by atoms with Crippen molar-refractivity contribution < 1.29 is 26.7 Å². The monoisotopic (exact) mass is 562 g/mol. The average molecular weight is 563 g/mol. The Bertz CT molecular complexity index is 1420. The third kappa shape index (κ3) is 5.44. The summed E-state index contributed by atoms with van der Waals surface area (Å²) in [5.41, 5.74) is 0.985. The van der Waals surface area contributed by atoms with Crippen molar-refractivity contribution in [1.29, 1.82) is 0 Å². The number of alkyl halides is 2. The van der Waals surface area contributed by atoms with Crippen molar-refractivity contribution in [2.24, 2.45) is 5.92 Å². The fourth-order valence-electron chi connectivity index (χ4n) is 5.80. The number of halogens is 2. The van der Waals surface area contributed by atoms with Gasteiger partial charge in [0, 0.05) is 31.7 Å². The molecule has 0 radical (unpaired) electrons. The maximum Gasteiger partial charge on any atom is 0.296 e. The minimum absolute atomic E-state index is 0.0645. The van der Waals surface area contributed by atoms with Crippen molar-refractivity contribution in [2.75, 3.05) is 50.1 Å². The van der Waals surface area contributed by atoms with Crippen LogP contribution in [0.4, 0.5) is 14.7 Å². The van der Waals surface area contributed by atoms with Gasteiger partial charge < -0.3 is 14.4 Å². The first-order valence-corrected chi connectivity index (χ1v) is 15.1. The summed E-state index contributed by atoms with van der Waals surface area (Å²) in [7, 11) is -3.12. The number of benzene rings is 1. The average Bonchev–Trinajstić information content (AvgIpc) is 3.52. The van der Waals surface area contributed by atoms with Gasteiger partial charge in [-0.05, 0) is 50.2 Å². The molecular weight excluding hydrogens is 530 g/mol. The Kier molecular flexibility index (Phi) is 7.38. The summed E-state index contributed by atoms with van der Waals surface area (Å²) >= 11 is 0. The van der Waals surface area contributed by atoms with Gasteiger partial charge in [-0.15, -0.1) is 0 Å². The second-order valence-electron chi connectivity index (χ2n) is 10.3. The van der Waals surface area contributed by atoms with E-state index in [4.69, 9.17) is 9.47 Å². The lowest BCUT2D eigenvalue weighted by molar-refractivity contribution is 0.121. The predicted octanol–water partition coefficient (Wildman–Crippen LogP) is 3.56. The van der Waals surface area contributed by atoms with Gasteiger partial charge in [-0.25, -0.2) is 22.2 Å². The largest absolute Gasteiger partial charge is 0.477 e. The Morgan fingerprint density at radius 1 is 1.03 bits per heavy atom. The fourth-order valence-corrected chi connectivity index (χ4v) is 7.60. The van der Waals surface area contributed by atoms with E-state index in [2.05, 4.69) is 15.0 Å². The van der Waals surface area contributed by atoms with Gasteiger partial charge in [0.2, 0.25) is 21.9 Å². The summed E-state index contributed by atoms with van der Waals surface area (Å²) in [6.45, 7) is 3.24. The van der Waals surface area contributed by atoms with Gasteiger partial charge in [-0.1, -0.05) is 12.1 Å². The van der Waals surface area contributed by atoms with E-state index in [0.717, 1.165) is 25.7 Å². The number of ether oxygens (including phenoxy) is 2. The molecule has 0 unspecified atom stereocenters. The molecule has 2 saturated heterocycles. The number of aromatic nitrogens is 4. The number of anilines is 1. The number of fused-ring (bicyclic) bond motifs is 1. The molecule has 39 heavy (non-hydrogen) atoms. The minimum Gasteiger partial charge on any atom is -0.477 e. The highest BCUT2D eigenvalue weighted by Gasteiger charge is 2.36. The van der Waals surface area contributed by atoms with Crippen LogP contribution in [0.1, 0.15) is 44.4 Å². The van der Waals surface area contributed by atoms with E-state index in [1.807, 2.05) is 4.90 Å². The molecule has 0 N–H and O–H groups in total. The maximum absolute atomic E-state index is 14.1. The van der Waals surface area contributed by atoms with E-state index < -0.39 is 16.4 Å². The number of para-hydroxylation sites is 2. The first kappa shape index (κ1) is 26.3. The quantitative estimate of drug-likeness (QED) is 0.431. The molecule has 6 rings (SSSR count). The van der Waals surface area contributed by atoms with E-state index >= 15 is 0 Å². The number of nitrogens with zero attached hydrogens (tertiary/aromatic N) is 6. The molecule has 0 spiro atoms. The topological polar surface area (TPSA) is 103 Å². The number of imidazole rings is 1. The summed E-state index contributed by atoms with van der Waals surface area (Å²) in [5, 5.41) is 0. The lowest BCUT2D eigenvalue weighted by atomic mass is 9.86.